The molecule has 0 spiro atoms. The molecule has 0 radical (unpaired) electrons. The Bertz CT molecular complexity index is 523. The van der Waals surface area contributed by atoms with E-state index in [1.54, 1.807) is 24.5 Å². The van der Waals surface area contributed by atoms with Crippen LogP contribution in [0.2, 0.25) is 0 Å². The van der Waals surface area contributed by atoms with E-state index in [9.17, 15) is 4.79 Å². The highest BCUT2D eigenvalue weighted by molar-refractivity contribution is 5.93. The summed E-state index contributed by atoms with van der Waals surface area (Å²) in [4.78, 5) is 15.7. The quantitative estimate of drug-likeness (QED) is 0.891. The van der Waals surface area contributed by atoms with Crippen LogP contribution in [0.1, 0.15) is 21.5 Å². The van der Waals surface area contributed by atoms with Crippen LogP contribution in [-0.4, -0.2) is 17.4 Å². The minimum atomic E-state index is -0.0734. The fourth-order valence-corrected chi connectivity index (χ4v) is 1.79. The molecule has 18 heavy (non-hydrogen) atoms. The van der Waals surface area contributed by atoms with Crippen molar-refractivity contribution in [3.05, 3.63) is 65.5 Å². The predicted octanol–water partition coefficient (Wildman–Crippen LogP) is 2.36. The first-order chi connectivity index (χ1) is 8.75. The minimum absolute atomic E-state index is 0.0734. The molecule has 1 amide bonds. The monoisotopic (exact) mass is 240 g/mol. The molecule has 1 aromatic carbocycles. The highest BCUT2D eigenvalue weighted by atomic mass is 16.1. The fraction of sp³-hybridized carbons (Fsp3) is 0.200. The van der Waals surface area contributed by atoms with E-state index in [2.05, 4.69) is 35.4 Å². The van der Waals surface area contributed by atoms with Gasteiger partial charge in [0.15, 0.2) is 0 Å². The number of nitrogens with one attached hydrogen (secondary N) is 1. The molecule has 0 aliphatic rings. The Morgan fingerprint density at radius 2 is 2.17 bits per heavy atom. The van der Waals surface area contributed by atoms with Crippen LogP contribution < -0.4 is 5.32 Å². The number of pyridine rings is 1. The highest BCUT2D eigenvalue weighted by Gasteiger charge is 2.03. The standard InChI is InChI=1S/C15H16N2O/c1-12-4-2-5-13(10-12)7-9-17-15(18)14-6-3-8-16-11-14/h2-6,8,10-11H,7,9H2,1H3,(H,17,18). The van der Waals surface area contributed by atoms with Gasteiger partial charge in [-0.1, -0.05) is 29.8 Å². The van der Waals surface area contributed by atoms with E-state index in [0.717, 1.165) is 6.42 Å². The number of amides is 1. The Morgan fingerprint density at radius 1 is 1.28 bits per heavy atom. The lowest BCUT2D eigenvalue weighted by Gasteiger charge is -2.05. The van der Waals surface area contributed by atoms with Crippen LogP contribution in [0.4, 0.5) is 0 Å². The molecule has 0 unspecified atom stereocenters. The third kappa shape index (κ3) is 3.42. The molecule has 0 bridgehead atoms. The van der Waals surface area contributed by atoms with Gasteiger partial charge in [0.05, 0.1) is 5.56 Å². The number of rotatable bonds is 4. The van der Waals surface area contributed by atoms with Crippen LogP contribution >= 0.6 is 0 Å². The second-order valence-electron chi connectivity index (χ2n) is 4.24. The Kier molecular flexibility index (Phi) is 4.07. The lowest BCUT2D eigenvalue weighted by atomic mass is 10.1. The Morgan fingerprint density at radius 3 is 2.89 bits per heavy atom. The molecule has 1 heterocycles. The summed E-state index contributed by atoms with van der Waals surface area (Å²) in [6.07, 6.45) is 4.07. The van der Waals surface area contributed by atoms with Crippen molar-refractivity contribution in [1.29, 1.82) is 0 Å². The third-order valence-electron chi connectivity index (χ3n) is 2.71. The summed E-state index contributed by atoms with van der Waals surface area (Å²) in [7, 11) is 0. The second kappa shape index (κ2) is 5.96. The van der Waals surface area contributed by atoms with E-state index < -0.39 is 0 Å². The number of nitrogens with zero attached hydrogens (tertiary/aromatic N) is 1. The molecule has 0 saturated heterocycles. The van der Waals surface area contributed by atoms with Gasteiger partial charge in [0.1, 0.15) is 0 Å². The van der Waals surface area contributed by atoms with Crippen molar-refractivity contribution in [1.82, 2.24) is 10.3 Å². The first-order valence-corrected chi connectivity index (χ1v) is 5.99. The van der Waals surface area contributed by atoms with Crippen molar-refractivity contribution in [2.75, 3.05) is 6.54 Å². The number of carbonyl (C=O) groups is 1. The topological polar surface area (TPSA) is 42.0 Å². The molecule has 0 atom stereocenters. The lowest BCUT2D eigenvalue weighted by Crippen LogP contribution is -2.25. The van der Waals surface area contributed by atoms with E-state index >= 15 is 0 Å². The first kappa shape index (κ1) is 12.3. The van der Waals surface area contributed by atoms with E-state index in [-0.39, 0.29) is 5.91 Å². The molecule has 2 rings (SSSR count). The van der Waals surface area contributed by atoms with Gasteiger partial charge in [0.25, 0.3) is 5.91 Å². The van der Waals surface area contributed by atoms with Gasteiger partial charge in [0.2, 0.25) is 0 Å². The molecule has 0 aliphatic carbocycles. The van der Waals surface area contributed by atoms with Crippen molar-refractivity contribution >= 4 is 5.91 Å². The van der Waals surface area contributed by atoms with Gasteiger partial charge in [0, 0.05) is 18.9 Å². The molecule has 1 aromatic heterocycles. The number of hydrogen-bond donors (Lipinski definition) is 1. The molecule has 92 valence electrons. The first-order valence-electron chi connectivity index (χ1n) is 5.99. The summed E-state index contributed by atoms with van der Waals surface area (Å²) in [6, 6.07) is 11.8. The van der Waals surface area contributed by atoms with Crippen molar-refractivity contribution in [3.8, 4) is 0 Å². The van der Waals surface area contributed by atoms with Gasteiger partial charge < -0.3 is 5.32 Å². The van der Waals surface area contributed by atoms with E-state index in [4.69, 9.17) is 0 Å². The predicted molar refractivity (Wildman–Crippen MR) is 71.5 cm³/mol. The highest BCUT2D eigenvalue weighted by Crippen LogP contribution is 2.04. The van der Waals surface area contributed by atoms with E-state index in [0.29, 0.717) is 12.1 Å². The summed E-state index contributed by atoms with van der Waals surface area (Å²) in [5, 5.41) is 2.89. The molecule has 1 N–H and O–H groups in total. The van der Waals surface area contributed by atoms with E-state index in [1.165, 1.54) is 11.1 Å². The number of aromatic nitrogens is 1. The maximum Gasteiger partial charge on any atom is 0.252 e. The van der Waals surface area contributed by atoms with Crippen LogP contribution in [0.25, 0.3) is 0 Å². The molecule has 3 heteroatoms. The number of carbonyl (C=O) groups excluding carboxylic acids is 1. The van der Waals surface area contributed by atoms with Crippen LogP contribution in [0.3, 0.4) is 0 Å². The summed E-state index contributed by atoms with van der Waals surface area (Å²) in [5.74, 6) is -0.0734. The molecule has 0 aliphatic heterocycles. The fourth-order valence-electron chi connectivity index (χ4n) is 1.79. The molecule has 0 saturated carbocycles. The second-order valence-corrected chi connectivity index (χ2v) is 4.24. The summed E-state index contributed by atoms with van der Waals surface area (Å²) in [5.41, 5.74) is 3.08. The Balaban J connectivity index is 1.84. The van der Waals surface area contributed by atoms with Crippen molar-refractivity contribution in [2.24, 2.45) is 0 Å². The van der Waals surface area contributed by atoms with Gasteiger partial charge in [-0.2, -0.15) is 0 Å². The Hall–Kier alpha value is -2.16. The number of benzene rings is 1. The van der Waals surface area contributed by atoms with Gasteiger partial charge in [-0.3, -0.25) is 9.78 Å². The van der Waals surface area contributed by atoms with Gasteiger partial charge in [-0.25, -0.2) is 0 Å². The smallest absolute Gasteiger partial charge is 0.252 e. The normalized spacial score (nSPS) is 10.1. The minimum Gasteiger partial charge on any atom is -0.352 e. The zero-order valence-electron chi connectivity index (χ0n) is 10.4. The largest absolute Gasteiger partial charge is 0.352 e. The lowest BCUT2D eigenvalue weighted by molar-refractivity contribution is 0.0954. The van der Waals surface area contributed by atoms with Crippen molar-refractivity contribution < 1.29 is 4.79 Å². The average Bonchev–Trinajstić information content (AvgIpc) is 2.40. The summed E-state index contributed by atoms with van der Waals surface area (Å²) < 4.78 is 0. The number of aryl methyl sites for hydroxylation is 1. The van der Waals surface area contributed by atoms with E-state index in [1.807, 2.05) is 6.07 Å². The molecular formula is C15H16N2O. The van der Waals surface area contributed by atoms with Gasteiger partial charge >= 0.3 is 0 Å². The Labute approximate surface area is 107 Å². The molecule has 2 aromatic rings. The zero-order chi connectivity index (χ0) is 12.8. The maximum absolute atomic E-state index is 11.8. The van der Waals surface area contributed by atoms with Crippen molar-refractivity contribution in [2.45, 2.75) is 13.3 Å². The van der Waals surface area contributed by atoms with Crippen LogP contribution in [-0.2, 0) is 6.42 Å². The summed E-state index contributed by atoms with van der Waals surface area (Å²) in [6.45, 7) is 2.70. The van der Waals surface area contributed by atoms with Gasteiger partial charge in [-0.05, 0) is 31.0 Å². The average molecular weight is 240 g/mol. The zero-order valence-corrected chi connectivity index (χ0v) is 10.4. The van der Waals surface area contributed by atoms with Crippen molar-refractivity contribution in [3.63, 3.8) is 0 Å². The van der Waals surface area contributed by atoms with Gasteiger partial charge in [-0.15, -0.1) is 0 Å². The third-order valence-corrected chi connectivity index (χ3v) is 2.71. The van der Waals surface area contributed by atoms with Crippen LogP contribution in [0.15, 0.2) is 48.8 Å². The van der Waals surface area contributed by atoms with Crippen LogP contribution in [0.5, 0.6) is 0 Å². The number of hydrogen-bond acceptors (Lipinski definition) is 2. The summed E-state index contributed by atoms with van der Waals surface area (Å²) >= 11 is 0. The molecular weight excluding hydrogens is 224 g/mol. The molecule has 0 fully saturated rings. The maximum atomic E-state index is 11.8. The SMILES string of the molecule is Cc1cccc(CCNC(=O)c2cccnc2)c1. The van der Waals surface area contributed by atoms with Crippen LogP contribution in [0, 0.1) is 6.92 Å². The molecule has 3 nitrogen and oxygen atoms in total.